The Morgan fingerprint density at radius 2 is 1.71 bits per heavy atom. The number of ether oxygens (including phenoxy) is 1. The molecule has 8 heteroatoms. The number of anilines is 1. The molecule has 1 saturated heterocycles. The van der Waals surface area contributed by atoms with Gasteiger partial charge in [0.2, 0.25) is 11.8 Å². The van der Waals surface area contributed by atoms with E-state index >= 15 is 0 Å². The summed E-state index contributed by atoms with van der Waals surface area (Å²) in [4.78, 5) is 53.2. The highest BCUT2D eigenvalue weighted by Crippen LogP contribution is 2.34. The predicted octanol–water partition coefficient (Wildman–Crippen LogP) is 2.99. The summed E-state index contributed by atoms with van der Waals surface area (Å²) in [6.45, 7) is 0. The normalized spacial score (nSPS) is 18.3. The first-order valence-corrected chi connectivity index (χ1v) is 10.4. The summed E-state index contributed by atoms with van der Waals surface area (Å²) < 4.78 is 4.67. The van der Waals surface area contributed by atoms with Crippen LogP contribution in [-0.2, 0) is 25.5 Å². The summed E-state index contributed by atoms with van der Waals surface area (Å²) in [7, 11) is 1.28. The third-order valence-electron chi connectivity index (χ3n) is 5.50. The van der Waals surface area contributed by atoms with Crippen molar-refractivity contribution in [1.82, 2.24) is 4.90 Å². The van der Waals surface area contributed by atoms with Gasteiger partial charge >= 0.3 is 5.97 Å². The van der Waals surface area contributed by atoms with Crippen LogP contribution in [0.3, 0.4) is 0 Å². The van der Waals surface area contributed by atoms with Crippen LogP contribution in [0.1, 0.15) is 35.2 Å². The average molecular weight is 441 g/mol. The van der Waals surface area contributed by atoms with E-state index in [1.807, 2.05) is 0 Å². The third-order valence-corrected chi connectivity index (χ3v) is 5.75. The van der Waals surface area contributed by atoms with Crippen molar-refractivity contribution in [3.8, 4) is 0 Å². The molecule has 1 heterocycles. The third kappa shape index (κ3) is 4.32. The van der Waals surface area contributed by atoms with Gasteiger partial charge in [-0.3, -0.25) is 14.4 Å². The Hall–Kier alpha value is -3.19. The van der Waals surface area contributed by atoms with Crippen molar-refractivity contribution < 1.29 is 23.9 Å². The van der Waals surface area contributed by atoms with Gasteiger partial charge in [-0.15, -0.1) is 0 Å². The van der Waals surface area contributed by atoms with Crippen LogP contribution in [0.2, 0.25) is 5.02 Å². The lowest BCUT2D eigenvalue weighted by Gasteiger charge is -2.27. The Bertz CT molecular complexity index is 1030. The van der Waals surface area contributed by atoms with Crippen LogP contribution < -0.4 is 4.90 Å². The monoisotopic (exact) mass is 440 g/mol. The Balaban J connectivity index is 1.53. The maximum Gasteiger partial charge on any atom is 0.337 e. The Morgan fingerprint density at radius 1 is 1.06 bits per heavy atom. The lowest BCUT2D eigenvalue weighted by atomic mass is 10.1. The van der Waals surface area contributed by atoms with E-state index < -0.39 is 17.9 Å². The second kappa shape index (κ2) is 8.51. The lowest BCUT2D eigenvalue weighted by Crippen LogP contribution is -2.47. The number of benzene rings is 2. The van der Waals surface area contributed by atoms with Crippen molar-refractivity contribution in [2.45, 2.75) is 37.8 Å². The molecule has 2 aliphatic rings. The minimum absolute atomic E-state index is 0.0248. The van der Waals surface area contributed by atoms with Gasteiger partial charge in [-0.25, -0.2) is 9.69 Å². The van der Waals surface area contributed by atoms with Crippen molar-refractivity contribution in [1.29, 1.82) is 0 Å². The fourth-order valence-corrected chi connectivity index (χ4v) is 3.95. The van der Waals surface area contributed by atoms with E-state index in [9.17, 15) is 19.2 Å². The van der Waals surface area contributed by atoms with E-state index in [2.05, 4.69) is 4.74 Å². The van der Waals surface area contributed by atoms with Gasteiger partial charge in [-0.2, -0.15) is 0 Å². The molecule has 0 N–H and O–H groups in total. The maximum absolute atomic E-state index is 13.2. The predicted molar refractivity (Wildman–Crippen MR) is 114 cm³/mol. The number of hydrogen-bond acceptors (Lipinski definition) is 5. The number of esters is 1. The fourth-order valence-electron chi connectivity index (χ4n) is 3.82. The molecule has 2 aromatic carbocycles. The molecule has 2 aromatic rings. The molecule has 31 heavy (non-hydrogen) atoms. The van der Waals surface area contributed by atoms with Gasteiger partial charge in [-0.1, -0.05) is 23.7 Å². The van der Waals surface area contributed by atoms with E-state index in [-0.39, 0.29) is 30.7 Å². The van der Waals surface area contributed by atoms with Gasteiger partial charge in [0.05, 0.1) is 31.2 Å². The second-order valence-corrected chi connectivity index (χ2v) is 8.10. The first-order valence-electron chi connectivity index (χ1n) is 10.00. The Labute approximate surface area is 184 Å². The Kier molecular flexibility index (Phi) is 5.78. The minimum Gasteiger partial charge on any atom is -0.465 e. The lowest BCUT2D eigenvalue weighted by molar-refractivity contribution is -0.138. The molecule has 0 spiro atoms. The summed E-state index contributed by atoms with van der Waals surface area (Å²) in [5, 5.41) is 0.584. The molecule has 2 fully saturated rings. The second-order valence-electron chi connectivity index (χ2n) is 7.66. The number of carbonyl (C=O) groups excluding carboxylic acids is 4. The molecule has 160 valence electrons. The number of rotatable bonds is 6. The highest BCUT2D eigenvalue weighted by molar-refractivity contribution is 6.30. The van der Waals surface area contributed by atoms with Crippen LogP contribution in [0.4, 0.5) is 5.69 Å². The zero-order valence-corrected chi connectivity index (χ0v) is 17.7. The van der Waals surface area contributed by atoms with Crippen molar-refractivity contribution >= 4 is 41.0 Å². The summed E-state index contributed by atoms with van der Waals surface area (Å²) in [5.74, 6) is -1.48. The molecule has 3 amide bonds. The molecular weight excluding hydrogens is 420 g/mol. The molecule has 1 unspecified atom stereocenters. The summed E-state index contributed by atoms with van der Waals surface area (Å²) >= 11 is 5.91. The molecule has 1 atom stereocenters. The maximum atomic E-state index is 13.2. The van der Waals surface area contributed by atoms with Crippen LogP contribution in [0.15, 0.2) is 48.5 Å². The molecule has 0 bridgehead atoms. The van der Waals surface area contributed by atoms with Crippen molar-refractivity contribution in [2.24, 2.45) is 0 Å². The summed E-state index contributed by atoms with van der Waals surface area (Å²) in [6, 6.07) is 12.2. The number of halogens is 1. The molecule has 7 nitrogen and oxygen atoms in total. The standard InChI is InChI=1S/C23H21ClN2O5/c1-31-23(30)15-4-8-18(9-5-15)26-21(28)13-19(22(26)29)25(17-10-11-17)20(27)12-14-2-6-16(24)7-3-14/h2-9,17,19H,10-13H2,1H3. The van der Waals surface area contributed by atoms with Crippen LogP contribution in [0, 0.1) is 0 Å². The van der Waals surface area contributed by atoms with Crippen molar-refractivity contribution in [3.63, 3.8) is 0 Å². The van der Waals surface area contributed by atoms with Gasteiger partial charge in [0.1, 0.15) is 6.04 Å². The number of carbonyl (C=O) groups is 4. The van der Waals surface area contributed by atoms with Gasteiger partial charge in [0.15, 0.2) is 0 Å². The highest BCUT2D eigenvalue weighted by Gasteiger charge is 2.48. The topological polar surface area (TPSA) is 84.0 Å². The average Bonchev–Trinajstić information content (AvgIpc) is 3.55. The van der Waals surface area contributed by atoms with E-state index in [1.54, 1.807) is 29.2 Å². The molecule has 4 rings (SSSR count). The molecule has 0 aromatic heterocycles. The number of amides is 3. The van der Waals surface area contributed by atoms with E-state index in [1.165, 1.54) is 31.4 Å². The van der Waals surface area contributed by atoms with Crippen molar-refractivity contribution in [2.75, 3.05) is 12.0 Å². The van der Waals surface area contributed by atoms with Crippen LogP contribution >= 0.6 is 11.6 Å². The first kappa shape index (κ1) is 21.1. The van der Waals surface area contributed by atoms with E-state index in [0.29, 0.717) is 16.3 Å². The van der Waals surface area contributed by atoms with Crippen LogP contribution in [0.25, 0.3) is 0 Å². The number of hydrogen-bond donors (Lipinski definition) is 0. The first-order chi connectivity index (χ1) is 14.9. The van der Waals surface area contributed by atoms with Crippen LogP contribution in [-0.4, -0.2) is 47.8 Å². The number of imide groups is 1. The summed E-state index contributed by atoms with van der Waals surface area (Å²) in [6.07, 6.45) is 1.72. The number of nitrogens with zero attached hydrogens (tertiary/aromatic N) is 2. The molecular formula is C23H21ClN2O5. The van der Waals surface area contributed by atoms with E-state index in [4.69, 9.17) is 11.6 Å². The summed E-state index contributed by atoms with van der Waals surface area (Å²) in [5.41, 5.74) is 1.48. The molecule has 1 saturated carbocycles. The zero-order chi connectivity index (χ0) is 22.1. The van der Waals surface area contributed by atoms with Gasteiger partial charge < -0.3 is 9.64 Å². The van der Waals surface area contributed by atoms with Gasteiger partial charge in [0.25, 0.3) is 5.91 Å². The minimum atomic E-state index is -0.819. The van der Waals surface area contributed by atoms with Gasteiger partial charge in [-0.05, 0) is 54.8 Å². The van der Waals surface area contributed by atoms with E-state index in [0.717, 1.165) is 23.3 Å². The zero-order valence-electron chi connectivity index (χ0n) is 16.9. The smallest absolute Gasteiger partial charge is 0.337 e. The fraction of sp³-hybridized carbons (Fsp3) is 0.304. The largest absolute Gasteiger partial charge is 0.465 e. The SMILES string of the molecule is COC(=O)c1ccc(N2C(=O)CC(N(C(=O)Cc3ccc(Cl)cc3)C3CC3)C2=O)cc1. The number of methoxy groups -OCH3 is 1. The highest BCUT2D eigenvalue weighted by atomic mass is 35.5. The van der Waals surface area contributed by atoms with Crippen molar-refractivity contribution in [3.05, 3.63) is 64.7 Å². The molecule has 0 radical (unpaired) electrons. The molecule has 1 aliphatic heterocycles. The Morgan fingerprint density at radius 3 is 2.29 bits per heavy atom. The van der Waals surface area contributed by atoms with Gasteiger partial charge in [0, 0.05) is 11.1 Å². The van der Waals surface area contributed by atoms with Crippen LogP contribution in [0.5, 0.6) is 0 Å². The quantitative estimate of drug-likeness (QED) is 0.509. The molecule has 1 aliphatic carbocycles.